The summed E-state index contributed by atoms with van der Waals surface area (Å²) in [4.78, 5) is 31.9. The van der Waals surface area contributed by atoms with E-state index in [0.29, 0.717) is 11.1 Å². The quantitative estimate of drug-likeness (QED) is 0.267. The van der Waals surface area contributed by atoms with Crippen molar-refractivity contribution in [2.45, 2.75) is 0 Å². The van der Waals surface area contributed by atoms with Gasteiger partial charge in [0.15, 0.2) is 0 Å². The maximum atomic E-state index is 11.5. The molecule has 21 heavy (non-hydrogen) atoms. The van der Waals surface area contributed by atoms with Crippen molar-refractivity contribution in [2.75, 3.05) is 0 Å². The van der Waals surface area contributed by atoms with Crippen molar-refractivity contribution < 1.29 is 69.8 Å². The molecule has 2 aromatic rings. The van der Waals surface area contributed by atoms with E-state index in [1.165, 1.54) is 0 Å². The first-order valence-electron chi connectivity index (χ1n) is 5.30. The molecular weight excluding hydrogens is 451 g/mol. The monoisotopic (exact) mass is 458 g/mol. The molecule has 0 aliphatic rings. The van der Waals surface area contributed by atoms with E-state index in [0.717, 1.165) is 0 Å². The van der Waals surface area contributed by atoms with Gasteiger partial charge in [0.05, 0.1) is 11.1 Å². The maximum Gasteiger partial charge on any atom is 2.00 e. The second-order valence-electron chi connectivity index (χ2n) is 3.47. The third-order valence-corrected chi connectivity index (χ3v) is 2.21. The van der Waals surface area contributed by atoms with Crippen molar-refractivity contribution >= 4 is 11.9 Å². The van der Waals surface area contributed by atoms with E-state index >= 15 is 0 Å². The number of halogens is 2. The predicted molar refractivity (Wildman–Crippen MR) is 63.7 cm³/mol. The summed E-state index contributed by atoms with van der Waals surface area (Å²) >= 11 is 0. The van der Waals surface area contributed by atoms with Crippen LogP contribution in [0.5, 0.6) is 0 Å². The van der Waals surface area contributed by atoms with E-state index < -0.39 is 11.9 Å². The molecular formula is C14H10Br2NiO4. The van der Waals surface area contributed by atoms with Crippen LogP contribution in [-0.2, 0) is 26.3 Å². The fraction of sp³-hybridized carbons (Fsp3) is 0. The van der Waals surface area contributed by atoms with Crippen molar-refractivity contribution in [1.82, 2.24) is 0 Å². The summed E-state index contributed by atoms with van der Waals surface area (Å²) in [7, 11) is 0. The summed E-state index contributed by atoms with van der Waals surface area (Å²) in [6, 6.07) is 16.6. The number of rotatable bonds is 2. The van der Waals surface area contributed by atoms with Crippen LogP contribution in [0, 0.1) is 0 Å². The molecule has 0 fully saturated rings. The van der Waals surface area contributed by atoms with E-state index in [1.807, 2.05) is 0 Å². The van der Waals surface area contributed by atoms with Crippen LogP contribution in [0.25, 0.3) is 0 Å². The Morgan fingerprint density at radius 1 is 0.619 bits per heavy atom. The molecule has 0 N–H and O–H groups in total. The molecule has 114 valence electrons. The van der Waals surface area contributed by atoms with E-state index in [4.69, 9.17) is 0 Å². The summed E-state index contributed by atoms with van der Waals surface area (Å²) in [5.74, 6) is -1.42. The van der Waals surface area contributed by atoms with Crippen molar-refractivity contribution in [3.05, 3.63) is 71.8 Å². The third-order valence-electron chi connectivity index (χ3n) is 2.21. The summed E-state index contributed by atoms with van der Waals surface area (Å²) < 4.78 is 0. The molecule has 0 radical (unpaired) electrons. The zero-order chi connectivity index (χ0) is 12.8. The third kappa shape index (κ3) is 6.89. The molecule has 0 amide bonds. The van der Waals surface area contributed by atoms with E-state index in [1.54, 1.807) is 60.7 Å². The van der Waals surface area contributed by atoms with Gasteiger partial charge in [0, 0.05) is 0 Å². The topological polar surface area (TPSA) is 52.6 Å². The minimum Gasteiger partial charge on any atom is -1.00 e. The molecule has 4 nitrogen and oxygen atoms in total. The van der Waals surface area contributed by atoms with Crippen molar-refractivity contribution in [2.24, 2.45) is 0 Å². The molecule has 2 aromatic carbocycles. The molecule has 0 aliphatic carbocycles. The minimum atomic E-state index is -0.708. The molecule has 0 saturated carbocycles. The van der Waals surface area contributed by atoms with Gasteiger partial charge in [-0.2, -0.15) is 0 Å². The molecule has 0 aromatic heterocycles. The van der Waals surface area contributed by atoms with Gasteiger partial charge in [-0.25, -0.2) is 19.4 Å². The van der Waals surface area contributed by atoms with Gasteiger partial charge in [-0.1, -0.05) is 36.4 Å². The molecule has 0 saturated heterocycles. The molecule has 0 aliphatic heterocycles. The van der Waals surface area contributed by atoms with Gasteiger partial charge in [0.2, 0.25) is 0 Å². The molecule has 0 atom stereocenters. The fourth-order valence-electron chi connectivity index (χ4n) is 1.32. The minimum absolute atomic E-state index is 0. The van der Waals surface area contributed by atoms with Gasteiger partial charge >= 0.3 is 28.4 Å². The molecule has 7 heteroatoms. The van der Waals surface area contributed by atoms with E-state index in [9.17, 15) is 9.59 Å². The first kappa shape index (κ1) is 22.1. The van der Waals surface area contributed by atoms with Crippen LogP contribution >= 0.6 is 0 Å². The van der Waals surface area contributed by atoms with Crippen LogP contribution in [0.3, 0.4) is 0 Å². The second kappa shape index (κ2) is 11.5. The van der Waals surface area contributed by atoms with E-state index in [2.05, 4.69) is 9.78 Å². The van der Waals surface area contributed by atoms with Crippen molar-refractivity contribution in [1.29, 1.82) is 0 Å². The van der Waals surface area contributed by atoms with Crippen molar-refractivity contribution in [3.8, 4) is 0 Å². The Balaban J connectivity index is 0. The van der Waals surface area contributed by atoms with Crippen LogP contribution in [-0.4, -0.2) is 11.9 Å². The molecule has 0 unspecified atom stereocenters. The molecule has 0 heterocycles. The first-order chi connectivity index (χ1) is 8.77. The maximum absolute atomic E-state index is 11.5. The normalized spacial score (nSPS) is 8.19. The van der Waals surface area contributed by atoms with Crippen LogP contribution in [0.15, 0.2) is 60.7 Å². The van der Waals surface area contributed by atoms with Gasteiger partial charge in [0.1, 0.15) is 0 Å². The summed E-state index contributed by atoms with van der Waals surface area (Å²) in [5, 5.41) is 0. The van der Waals surface area contributed by atoms with Gasteiger partial charge in [-0.3, -0.25) is 0 Å². The smallest absolute Gasteiger partial charge is 1.00 e. The van der Waals surface area contributed by atoms with Gasteiger partial charge in [-0.05, 0) is 24.3 Å². The average molecular weight is 461 g/mol. The largest absolute Gasteiger partial charge is 2.00 e. The first-order valence-corrected chi connectivity index (χ1v) is 5.30. The summed E-state index contributed by atoms with van der Waals surface area (Å²) in [6.07, 6.45) is 0. The fourth-order valence-corrected chi connectivity index (χ4v) is 1.32. The van der Waals surface area contributed by atoms with Gasteiger partial charge in [0.25, 0.3) is 0 Å². The predicted octanol–water partition coefficient (Wildman–Crippen LogP) is -3.38. The molecule has 0 bridgehead atoms. The van der Waals surface area contributed by atoms with E-state index in [-0.39, 0.29) is 50.5 Å². The Morgan fingerprint density at radius 2 is 0.905 bits per heavy atom. The summed E-state index contributed by atoms with van der Waals surface area (Å²) in [6.45, 7) is 0. The van der Waals surface area contributed by atoms with Gasteiger partial charge in [-0.15, -0.1) is 0 Å². The molecule has 2 rings (SSSR count). The SMILES string of the molecule is O=C(OOC(=O)c1ccccc1)c1ccccc1.[Br-].[Br-].[Ni+2]. The van der Waals surface area contributed by atoms with Crippen LogP contribution in [0.1, 0.15) is 20.7 Å². The van der Waals surface area contributed by atoms with Gasteiger partial charge < -0.3 is 34.0 Å². The Labute approximate surface area is 153 Å². The van der Waals surface area contributed by atoms with Crippen LogP contribution in [0.2, 0.25) is 0 Å². The molecule has 0 spiro atoms. The summed E-state index contributed by atoms with van der Waals surface area (Å²) in [5.41, 5.74) is 0.636. The second-order valence-corrected chi connectivity index (χ2v) is 3.47. The number of hydrogen-bond acceptors (Lipinski definition) is 4. The van der Waals surface area contributed by atoms with Crippen LogP contribution < -0.4 is 34.0 Å². The Hall–Kier alpha value is -1.17. The number of carbonyl (C=O) groups is 2. The number of benzene rings is 2. The number of hydrogen-bond donors (Lipinski definition) is 0. The Kier molecular flexibility index (Phi) is 12.1. The number of carbonyl (C=O) groups excluding carboxylic acids is 2. The standard InChI is InChI=1S/C14H10O4.2BrH.Ni/c15-13(11-7-3-1-4-8-11)17-18-14(16)12-9-5-2-6-10-12;;;/h1-10H;2*1H;/q;;;+2/p-2. The van der Waals surface area contributed by atoms with Crippen molar-refractivity contribution in [3.63, 3.8) is 0 Å². The Morgan fingerprint density at radius 3 is 1.19 bits per heavy atom. The zero-order valence-corrected chi connectivity index (χ0v) is 14.6. The zero-order valence-electron chi connectivity index (χ0n) is 10.5. The van der Waals surface area contributed by atoms with Crippen LogP contribution in [0.4, 0.5) is 0 Å². The average Bonchev–Trinajstić information content (AvgIpc) is 2.46. The Bertz CT molecular complexity index is 498.